The molecule has 1 aromatic heterocycles. The maximum Gasteiger partial charge on any atom is 0.220 e. The van der Waals surface area contributed by atoms with Crippen molar-refractivity contribution in [3.8, 4) is 0 Å². The van der Waals surface area contributed by atoms with E-state index in [0.29, 0.717) is 15.6 Å². The fraction of sp³-hybridized carbons (Fsp3) is 0.333. The molecule has 140 valence electrons. The summed E-state index contributed by atoms with van der Waals surface area (Å²) in [6.45, 7) is 0.270. The van der Waals surface area contributed by atoms with Crippen molar-refractivity contribution in [3.05, 3.63) is 57.2 Å². The molecule has 5 nitrogen and oxygen atoms in total. The Morgan fingerprint density at radius 1 is 1.04 bits per heavy atom. The quantitative estimate of drug-likeness (QED) is 0.477. The average Bonchev–Trinajstić information content (AvgIpc) is 3.03. The lowest BCUT2D eigenvalue weighted by Gasteiger charge is -2.06. The first-order valence-electron chi connectivity index (χ1n) is 8.15. The molecule has 0 radical (unpaired) electrons. The van der Waals surface area contributed by atoms with Gasteiger partial charge in [0.2, 0.25) is 5.91 Å². The summed E-state index contributed by atoms with van der Waals surface area (Å²) in [7, 11) is -3.21. The van der Waals surface area contributed by atoms with Crippen LogP contribution in [0.15, 0.2) is 42.5 Å². The number of benzene rings is 1. The number of amides is 1. The summed E-state index contributed by atoms with van der Waals surface area (Å²) < 4.78 is 24.6. The van der Waals surface area contributed by atoms with Crippen LogP contribution in [0, 0.1) is 0 Å². The molecule has 0 fully saturated rings. The van der Waals surface area contributed by atoms with Gasteiger partial charge < -0.3 is 5.32 Å². The zero-order chi connectivity index (χ0) is 19.0. The smallest absolute Gasteiger partial charge is 0.220 e. The zero-order valence-corrected chi connectivity index (χ0v) is 16.5. The van der Waals surface area contributed by atoms with Crippen molar-refractivity contribution in [1.29, 1.82) is 0 Å². The average molecular weight is 414 g/mol. The van der Waals surface area contributed by atoms with Gasteiger partial charge in [0.1, 0.15) is 0 Å². The monoisotopic (exact) mass is 413 g/mol. The lowest BCUT2D eigenvalue weighted by atomic mass is 10.2. The highest BCUT2D eigenvalue weighted by molar-refractivity contribution is 7.90. The van der Waals surface area contributed by atoms with Gasteiger partial charge in [0.25, 0.3) is 0 Å². The third kappa shape index (κ3) is 7.27. The summed E-state index contributed by atoms with van der Waals surface area (Å²) in [6, 6.07) is 12.3. The van der Waals surface area contributed by atoms with E-state index < -0.39 is 9.84 Å². The number of carbonyl (C=O) groups excluding carboxylic acids is 2. The second kappa shape index (κ2) is 9.85. The molecule has 2 rings (SSSR count). The first kappa shape index (κ1) is 20.6. The Labute approximate surface area is 162 Å². The van der Waals surface area contributed by atoms with Crippen LogP contribution in [0.1, 0.15) is 34.5 Å². The number of nitrogens with one attached hydrogen (secondary N) is 1. The number of hydrogen-bond acceptors (Lipinski definition) is 5. The van der Waals surface area contributed by atoms with Crippen molar-refractivity contribution < 1.29 is 18.0 Å². The van der Waals surface area contributed by atoms with Crippen LogP contribution in [0.5, 0.6) is 0 Å². The van der Waals surface area contributed by atoms with Crippen molar-refractivity contribution in [1.82, 2.24) is 5.32 Å². The van der Waals surface area contributed by atoms with Gasteiger partial charge in [-0.15, -0.1) is 11.3 Å². The van der Waals surface area contributed by atoms with Gasteiger partial charge in [-0.2, -0.15) is 0 Å². The van der Waals surface area contributed by atoms with E-state index in [1.54, 1.807) is 36.4 Å². The minimum Gasteiger partial charge on any atom is -0.356 e. The fourth-order valence-corrected chi connectivity index (χ4v) is 4.76. The molecule has 1 heterocycles. The molecule has 1 N–H and O–H groups in total. The standard InChI is InChI=1S/C18H20ClNO4S2/c19-17-9-8-16(25-17)15(21)7-10-18(22)20-11-4-12-26(23,24)13-14-5-2-1-3-6-14/h1-3,5-6,8-9H,4,7,10-13H2,(H,20,22). The molecule has 0 saturated heterocycles. The highest BCUT2D eigenvalue weighted by atomic mass is 35.5. The highest BCUT2D eigenvalue weighted by Gasteiger charge is 2.13. The van der Waals surface area contributed by atoms with Gasteiger partial charge in [0, 0.05) is 19.4 Å². The second-order valence-electron chi connectivity index (χ2n) is 5.81. The summed E-state index contributed by atoms with van der Waals surface area (Å²) in [5.74, 6) is -0.377. The van der Waals surface area contributed by atoms with Crippen molar-refractivity contribution in [3.63, 3.8) is 0 Å². The Bertz CT molecular complexity index is 847. The van der Waals surface area contributed by atoms with E-state index in [2.05, 4.69) is 5.32 Å². The summed E-state index contributed by atoms with van der Waals surface area (Å²) in [4.78, 5) is 24.2. The van der Waals surface area contributed by atoms with E-state index in [-0.39, 0.29) is 42.6 Å². The number of ketones is 1. The van der Waals surface area contributed by atoms with E-state index in [1.807, 2.05) is 6.07 Å². The molecule has 1 amide bonds. The summed E-state index contributed by atoms with van der Waals surface area (Å²) >= 11 is 6.97. The number of halogens is 1. The molecule has 0 spiro atoms. The summed E-state index contributed by atoms with van der Waals surface area (Å²) in [5, 5.41) is 2.65. The van der Waals surface area contributed by atoms with Gasteiger partial charge in [0.05, 0.1) is 20.7 Å². The first-order chi connectivity index (χ1) is 12.4. The fourth-order valence-electron chi connectivity index (χ4n) is 2.32. The van der Waals surface area contributed by atoms with Gasteiger partial charge in [-0.1, -0.05) is 41.9 Å². The van der Waals surface area contributed by atoms with Gasteiger partial charge >= 0.3 is 0 Å². The van der Waals surface area contributed by atoms with Gasteiger partial charge in [0.15, 0.2) is 15.6 Å². The molecule has 1 aromatic carbocycles. The van der Waals surface area contributed by atoms with E-state index in [9.17, 15) is 18.0 Å². The van der Waals surface area contributed by atoms with Crippen LogP contribution >= 0.6 is 22.9 Å². The molecular formula is C18H20ClNO4S2. The minimum absolute atomic E-state index is 0.000336. The largest absolute Gasteiger partial charge is 0.356 e. The van der Waals surface area contributed by atoms with E-state index in [1.165, 1.54) is 11.3 Å². The number of sulfone groups is 1. The SMILES string of the molecule is O=C(CCC(=O)c1ccc(Cl)s1)NCCCS(=O)(=O)Cc1ccccc1. The number of carbonyl (C=O) groups is 2. The summed E-state index contributed by atoms with van der Waals surface area (Å²) in [6.07, 6.45) is 0.523. The zero-order valence-electron chi connectivity index (χ0n) is 14.1. The van der Waals surface area contributed by atoms with Crippen LogP contribution in [0.4, 0.5) is 0 Å². The van der Waals surface area contributed by atoms with Crippen LogP contribution in [-0.2, 0) is 20.4 Å². The lowest BCUT2D eigenvalue weighted by molar-refractivity contribution is -0.121. The second-order valence-corrected chi connectivity index (χ2v) is 9.71. The van der Waals surface area contributed by atoms with Gasteiger partial charge in [-0.25, -0.2) is 8.42 Å². The molecule has 0 unspecified atom stereocenters. The van der Waals surface area contributed by atoms with Gasteiger partial charge in [-0.05, 0) is 24.1 Å². The Hall–Kier alpha value is -1.70. The van der Waals surface area contributed by atoms with Crippen molar-refractivity contribution in [2.45, 2.75) is 25.0 Å². The predicted molar refractivity (Wildman–Crippen MR) is 104 cm³/mol. The number of Topliss-reactive ketones (excluding diaryl/α,β-unsaturated/α-hetero) is 1. The van der Waals surface area contributed by atoms with E-state index in [0.717, 1.165) is 5.56 Å². The third-order valence-electron chi connectivity index (χ3n) is 3.61. The van der Waals surface area contributed by atoms with Crippen LogP contribution < -0.4 is 5.32 Å². The molecular weight excluding hydrogens is 394 g/mol. The Morgan fingerprint density at radius 2 is 1.77 bits per heavy atom. The van der Waals surface area contributed by atoms with Crippen LogP contribution in [0.25, 0.3) is 0 Å². The maximum atomic E-state index is 12.1. The highest BCUT2D eigenvalue weighted by Crippen LogP contribution is 2.22. The third-order valence-corrected chi connectivity index (χ3v) is 6.57. The van der Waals surface area contributed by atoms with Crippen LogP contribution in [-0.4, -0.2) is 32.4 Å². The lowest BCUT2D eigenvalue weighted by Crippen LogP contribution is -2.26. The molecule has 0 aliphatic carbocycles. The van der Waals surface area contributed by atoms with Crippen molar-refractivity contribution in [2.75, 3.05) is 12.3 Å². The topological polar surface area (TPSA) is 80.3 Å². The Morgan fingerprint density at radius 3 is 2.42 bits per heavy atom. The maximum absolute atomic E-state index is 12.1. The number of thiophene rings is 1. The predicted octanol–water partition coefficient (Wildman–Crippen LogP) is 3.49. The molecule has 0 aliphatic heterocycles. The normalized spacial score (nSPS) is 11.3. The molecule has 26 heavy (non-hydrogen) atoms. The summed E-state index contributed by atoms with van der Waals surface area (Å²) in [5.41, 5.74) is 0.753. The van der Waals surface area contributed by atoms with Crippen molar-refractivity contribution in [2.24, 2.45) is 0 Å². The Kier molecular flexibility index (Phi) is 7.81. The van der Waals surface area contributed by atoms with Crippen LogP contribution in [0.3, 0.4) is 0 Å². The molecule has 8 heteroatoms. The van der Waals surface area contributed by atoms with E-state index >= 15 is 0 Å². The molecule has 0 atom stereocenters. The van der Waals surface area contributed by atoms with Crippen molar-refractivity contribution >= 4 is 44.5 Å². The van der Waals surface area contributed by atoms with Gasteiger partial charge in [-0.3, -0.25) is 9.59 Å². The van der Waals surface area contributed by atoms with E-state index in [4.69, 9.17) is 11.6 Å². The number of hydrogen-bond donors (Lipinski definition) is 1. The molecule has 0 bridgehead atoms. The van der Waals surface area contributed by atoms with Crippen LogP contribution in [0.2, 0.25) is 4.34 Å². The molecule has 0 aliphatic rings. The first-order valence-corrected chi connectivity index (χ1v) is 11.2. The minimum atomic E-state index is -3.21. The Balaban J connectivity index is 1.64. The number of rotatable bonds is 10. The molecule has 0 saturated carbocycles. The molecule has 2 aromatic rings.